The van der Waals surface area contributed by atoms with Crippen molar-refractivity contribution in [1.82, 2.24) is 4.90 Å². The number of rotatable bonds is 9. The summed E-state index contributed by atoms with van der Waals surface area (Å²) >= 11 is 0. The topological polar surface area (TPSA) is 71.5 Å². The van der Waals surface area contributed by atoms with Gasteiger partial charge in [0.1, 0.15) is 0 Å². The number of aryl methyl sites for hydroxylation is 1. The molecule has 1 heterocycles. The molecule has 0 saturated carbocycles. The van der Waals surface area contributed by atoms with Gasteiger partial charge in [-0.25, -0.2) is 8.42 Å². The van der Waals surface area contributed by atoms with Gasteiger partial charge in [-0.1, -0.05) is 25.3 Å². The Balaban J connectivity index is 1.77. The van der Waals surface area contributed by atoms with Gasteiger partial charge in [0, 0.05) is 6.04 Å². The van der Waals surface area contributed by atoms with Crippen LogP contribution in [-0.4, -0.2) is 41.7 Å². The molecule has 0 atom stereocenters. The van der Waals surface area contributed by atoms with Crippen LogP contribution in [0.25, 0.3) is 0 Å². The number of carbonyl (C=O) groups is 2. The second-order valence-electron chi connectivity index (χ2n) is 8.90. The summed E-state index contributed by atoms with van der Waals surface area (Å²) in [7, 11) is -3.02. The maximum atomic E-state index is 12.5. The number of amides is 2. The lowest BCUT2D eigenvalue weighted by molar-refractivity contribution is 0.0609. The zero-order chi connectivity index (χ0) is 21.1. The van der Waals surface area contributed by atoms with E-state index in [1.165, 1.54) is 4.90 Å². The van der Waals surface area contributed by atoms with Crippen LogP contribution < -0.4 is 0 Å². The Morgan fingerprint density at radius 3 is 2.07 bits per heavy atom. The van der Waals surface area contributed by atoms with Gasteiger partial charge in [0.15, 0.2) is 9.84 Å². The standard InChI is InChI=1S/C22H33NO4S/c1-16(2)23-20(24)18-13-12-17(15-19(18)21(23)25)11-9-7-6-8-10-14-28(26,27)22(3,4)5/h12-13,15-16H,6-11,14H2,1-5H3. The van der Waals surface area contributed by atoms with Crippen LogP contribution in [0.1, 0.15) is 93.0 Å². The Bertz CT molecular complexity index is 835. The second-order valence-corrected chi connectivity index (χ2v) is 11.8. The van der Waals surface area contributed by atoms with Crippen LogP contribution >= 0.6 is 0 Å². The fourth-order valence-electron chi connectivity index (χ4n) is 3.39. The van der Waals surface area contributed by atoms with E-state index in [0.29, 0.717) is 17.5 Å². The normalized spacial score (nSPS) is 14.9. The summed E-state index contributed by atoms with van der Waals surface area (Å²) in [5.41, 5.74) is 2.09. The average molecular weight is 408 g/mol. The molecule has 6 heteroatoms. The molecular formula is C22H33NO4S. The summed E-state index contributed by atoms with van der Waals surface area (Å²) in [5.74, 6) is -0.146. The van der Waals surface area contributed by atoms with Crippen molar-refractivity contribution in [3.8, 4) is 0 Å². The van der Waals surface area contributed by atoms with E-state index >= 15 is 0 Å². The lowest BCUT2D eigenvalue weighted by Crippen LogP contribution is -2.35. The summed E-state index contributed by atoms with van der Waals surface area (Å²) in [6, 6.07) is 5.42. The first-order chi connectivity index (χ1) is 13.0. The first-order valence-electron chi connectivity index (χ1n) is 10.2. The zero-order valence-electron chi connectivity index (χ0n) is 17.7. The summed E-state index contributed by atoms with van der Waals surface area (Å²) < 4.78 is 23.5. The molecule has 28 heavy (non-hydrogen) atoms. The van der Waals surface area contributed by atoms with Crippen molar-refractivity contribution in [2.75, 3.05) is 5.75 Å². The first-order valence-corrected chi connectivity index (χ1v) is 11.8. The molecule has 0 aromatic heterocycles. The van der Waals surface area contributed by atoms with Crippen LogP contribution in [0.4, 0.5) is 0 Å². The molecule has 0 saturated heterocycles. The lowest BCUT2D eigenvalue weighted by atomic mass is 10.0. The van der Waals surface area contributed by atoms with E-state index in [1.807, 2.05) is 26.0 Å². The predicted octanol–water partition coefficient (Wildman–Crippen LogP) is 4.40. The predicted molar refractivity (Wildman–Crippen MR) is 112 cm³/mol. The Kier molecular flexibility index (Phi) is 7.07. The molecule has 2 rings (SSSR count). The second kappa shape index (κ2) is 8.76. The zero-order valence-corrected chi connectivity index (χ0v) is 18.6. The third-order valence-electron chi connectivity index (χ3n) is 5.31. The number of unbranched alkanes of at least 4 members (excludes halogenated alkanes) is 4. The number of sulfone groups is 1. The van der Waals surface area contributed by atoms with Crippen LogP contribution in [0.15, 0.2) is 18.2 Å². The fraction of sp³-hybridized carbons (Fsp3) is 0.636. The molecule has 0 bridgehead atoms. The highest BCUT2D eigenvalue weighted by Gasteiger charge is 2.37. The van der Waals surface area contributed by atoms with Gasteiger partial charge >= 0.3 is 0 Å². The minimum atomic E-state index is -3.02. The quantitative estimate of drug-likeness (QED) is 0.449. The van der Waals surface area contributed by atoms with Gasteiger partial charge in [-0.2, -0.15) is 0 Å². The number of benzene rings is 1. The Labute approximate surface area is 169 Å². The molecular weight excluding hydrogens is 374 g/mol. The van der Waals surface area contributed by atoms with Crippen LogP contribution in [-0.2, 0) is 16.3 Å². The molecule has 0 N–H and O–H groups in total. The highest BCUT2D eigenvalue weighted by atomic mass is 32.2. The molecule has 2 amide bonds. The Morgan fingerprint density at radius 2 is 1.46 bits per heavy atom. The number of hydrogen-bond donors (Lipinski definition) is 0. The molecule has 0 fully saturated rings. The number of imide groups is 1. The molecule has 0 spiro atoms. The number of hydrogen-bond acceptors (Lipinski definition) is 4. The van der Waals surface area contributed by atoms with Gasteiger partial charge < -0.3 is 0 Å². The highest BCUT2D eigenvalue weighted by Crippen LogP contribution is 2.26. The van der Waals surface area contributed by atoms with Gasteiger partial charge in [-0.15, -0.1) is 0 Å². The Morgan fingerprint density at radius 1 is 0.893 bits per heavy atom. The van der Waals surface area contributed by atoms with E-state index in [2.05, 4.69) is 0 Å². The molecule has 156 valence electrons. The van der Waals surface area contributed by atoms with E-state index in [9.17, 15) is 18.0 Å². The van der Waals surface area contributed by atoms with E-state index in [4.69, 9.17) is 0 Å². The third kappa shape index (κ3) is 5.02. The van der Waals surface area contributed by atoms with E-state index in [-0.39, 0.29) is 23.6 Å². The molecule has 1 aromatic rings. The van der Waals surface area contributed by atoms with Crippen molar-refractivity contribution < 1.29 is 18.0 Å². The van der Waals surface area contributed by atoms with Crippen molar-refractivity contribution in [2.45, 2.75) is 83.9 Å². The van der Waals surface area contributed by atoms with Crippen molar-refractivity contribution in [3.05, 3.63) is 34.9 Å². The van der Waals surface area contributed by atoms with Crippen LogP contribution in [0, 0.1) is 0 Å². The van der Waals surface area contributed by atoms with Crippen molar-refractivity contribution in [3.63, 3.8) is 0 Å². The van der Waals surface area contributed by atoms with Crippen LogP contribution in [0.3, 0.4) is 0 Å². The molecule has 0 radical (unpaired) electrons. The SMILES string of the molecule is CC(C)N1C(=O)c2ccc(CCCCCCCS(=O)(=O)C(C)(C)C)cc2C1=O. The van der Waals surface area contributed by atoms with Crippen molar-refractivity contribution >= 4 is 21.7 Å². The Hall–Kier alpha value is -1.69. The van der Waals surface area contributed by atoms with Crippen LogP contribution in [0.5, 0.6) is 0 Å². The van der Waals surface area contributed by atoms with Crippen LogP contribution in [0.2, 0.25) is 0 Å². The van der Waals surface area contributed by atoms with Gasteiger partial charge in [0.25, 0.3) is 11.8 Å². The van der Waals surface area contributed by atoms with Gasteiger partial charge in [0.2, 0.25) is 0 Å². The van der Waals surface area contributed by atoms with Crippen molar-refractivity contribution in [1.29, 1.82) is 0 Å². The van der Waals surface area contributed by atoms with E-state index in [0.717, 1.165) is 37.7 Å². The highest BCUT2D eigenvalue weighted by molar-refractivity contribution is 7.92. The number of nitrogens with zero attached hydrogens (tertiary/aromatic N) is 1. The minimum absolute atomic E-state index is 0.141. The van der Waals surface area contributed by atoms with E-state index < -0.39 is 14.6 Å². The van der Waals surface area contributed by atoms with Gasteiger partial charge in [0.05, 0.1) is 21.6 Å². The molecule has 5 nitrogen and oxygen atoms in total. The maximum absolute atomic E-state index is 12.5. The lowest BCUT2D eigenvalue weighted by Gasteiger charge is -2.18. The molecule has 0 aliphatic carbocycles. The molecule has 0 unspecified atom stereocenters. The summed E-state index contributed by atoms with van der Waals surface area (Å²) in [4.78, 5) is 26.1. The molecule has 1 aliphatic rings. The first kappa shape index (κ1) is 22.6. The maximum Gasteiger partial charge on any atom is 0.261 e. The summed E-state index contributed by atoms with van der Waals surface area (Å²) in [6.07, 6.45) is 5.49. The molecule has 1 aliphatic heterocycles. The smallest absolute Gasteiger partial charge is 0.261 e. The molecule has 1 aromatic carbocycles. The largest absolute Gasteiger partial charge is 0.272 e. The van der Waals surface area contributed by atoms with Gasteiger partial charge in [-0.05, 0) is 71.6 Å². The number of fused-ring (bicyclic) bond motifs is 1. The minimum Gasteiger partial charge on any atom is -0.272 e. The monoisotopic (exact) mass is 407 g/mol. The number of carbonyl (C=O) groups excluding carboxylic acids is 2. The van der Waals surface area contributed by atoms with Crippen molar-refractivity contribution in [2.24, 2.45) is 0 Å². The average Bonchev–Trinajstić information content (AvgIpc) is 2.83. The van der Waals surface area contributed by atoms with E-state index in [1.54, 1.807) is 26.8 Å². The summed E-state index contributed by atoms with van der Waals surface area (Å²) in [6.45, 7) is 8.93. The summed E-state index contributed by atoms with van der Waals surface area (Å²) in [5, 5.41) is 0. The third-order valence-corrected chi connectivity index (χ3v) is 8.00. The fourth-order valence-corrected chi connectivity index (χ4v) is 4.59. The van der Waals surface area contributed by atoms with Gasteiger partial charge in [-0.3, -0.25) is 14.5 Å².